The third kappa shape index (κ3) is 2.73. The van der Waals surface area contributed by atoms with Gasteiger partial charge in [0, 0.05) is 23.0 Å². The highest BCUT2D eigenvalue weighted by Crippen LogP contribution is 2.32. The number of aliphatic hydroxyl groups excluding tert-OH is 1. The first-order chi connectivity index (χ1) is 5.75. The average Bonchev–Trinajstić information content (AvgIpc) is 2.04. The van der Waals surface area contributed by atoms with Gasteiger partial charge in [-0.1, -0.05) is 0 Å². The highest BCUT2D eigenvalue weighted by Gasteiger charge is 2.04. The Morgan fingerprint density at radius 2 is 1.92 bits per heavy atom. The van der Waals surface area contributed by atoms with Gasteiger partial charge < -0.3 is 5.11 Å². The van der Waals surface area contributed by atoms with Crippen LogP contribution in [0.3, 0.4) is 0 Å². The highest BCUT2D eigenvalue weighted by molar-refractivity contribution is 9.11. The van der Waals surface area contributed by atoms with E-state index < -0.39 is 0 Å². The summed E-state index contributed by atoms with van der Waals surface area (Å²) in [7, 11) is 0. The van der Waals surface area contributed by atoms with E-state index in [-0.39, 0.29) is 6.61 Å². The van der Waals surface area contributed by atoms with Crippen LogP contribution in [0.1, 0.15) is 0 Å². The lowest BCUT2D eigenvalue weighted by atomic mass is 10.5. The van der Waals surface area contributed by atoms with Crippen molar-refractivity contribution in [3.63, 3.8) is 0 Å². The fourth-order valence-corrected chi connectivity index (χ4v) is 2.98. The molecule has 0 atom stereocenters. The zero-order chi connectivity index (χ0) is 8.97. The van der Waals surface area contributed by atoms with Gasteiger partial charge in [-0.15, -0.1) is 11.8 Å². The predicted octanol–water partition coefficient (Wildman–Crippen LogP) is 2.69. The summed E-state index contributed by atoms with van der Waals surface area (Å²) in [6.07, 6.45) is 3.48. The second kappa shape index (κ2) is 5.21. The molecule has 0 aliphatic rings. The fourth-order valence-electron chi connectivity index (χ4n) is 0.685. The summed E-state index contributed by atoms with van der Waals surface area (Å²) in [4.78, 5) is 5.07. The normalized spacial score (nSPS) is 10.2. The van der Waals surface area contributed by atoms with Gasteiger partial charge >= 0.3 is 0 Å². The van der Waals surface area contributed by atoms with Crippen molar-refractivity contribution in [1.29, 1.82) is 0 Å². The fraction of sp³-hybridized carbons (Fsp3) is 0.286. The second-order valence-corrected chi connectivity index (χ2v) is 4.82. The van der Waals surface area contributed by atoms with E-state index in [1.807, 2.05) is 0 Å². The molecule has 0 aromatic carbocycles. The van der Waals surface area contributed by atoms with Crippen LogP contribution in [0.15, 0.2) is 26.2 Å². The number of hydrogen-bond acceptors (Lipinski definition) is 3. The second-order valence-electron chi connectivity index (χ2n) is 2.00. The molecule has 1 aromatic rings. The first kappa shape index (κ1) is 10.5. The molecule has 1 rings (SSSR count). The molecule has 0 saturated heterocycles. The summed E-state index contributed by atoms with van der Waals surface area (Å²) >= 11 is 8.35. The van der Waals surface area contributed by atoms with Gasteiger partial charge in [-0.25, -0.2) is 0 Å². The largest absolute Gasteiger partial charge is 0.396 e. The molecule has 0 amide bonds. The molecular weight excluding hydrogens is 306 g/mol. The van der Waals surface area contributed by atoms with Crippen LogP contribution in [0.4, 0.5) is 0 Å². The number of nitrogens with zero attached hydrogens (tertiary/aromatic N) is 1. The Bertz CT molecular complexity index is 249. The van der Waals surface area contributed by atoms with Crippen molar-refractivity contribution in [2.75, 3.05) is 12.4 Å². The van der Waals surface area contributed by atoms with E-state index in [2.05, 4.69) is 36.8 Å². The number of aromatic nitrogens is 1. The Morgan fingerprint density at radius 1 is 1.33 bits per heavy atom. The van der Waals surface area contributed by atoms with Crippen LogP contribution < -0.4 is 0 Å². The van der Waals surface area contributed by atoms with Gasteiger partial charge in [0.1, 0.15) is 0 Å². The number of aliphatic hydroxyl groups is 1. The molecule has 1 aromatic heterocycles. The van der Waals surface area contributed by atoms with Crippen molar-refractivity contribution in [3.05, 3.63) is 21.3 Å². The minimum absolute atomic E-state index is 0.186. The minimum atomic E-state index is 0.186. The summed E-state index contributed by atoms with van der Waals surface area (Å²) in [6.45, 7) is 0.186. The molecular formula is C7H7Br2NOS. The van der Waals surface area contributed by atoms with E-state index in [1.165, 1.54) is 0 Å². The lowest BCUT2D eigenvalue weighted by molar-refractivity contribution is 0.322. The Balaban J connectivity index is 2.81. The summed E-state index contributed by atoms with van der Waals surface area (Å²) in [5.41, 5.74) is 0. The smallest absolute Gasteiger partial charge is 0.0525 e. The van der Waals surface area contributed by atoms with Crippen LogP contribution in [0.5, 0.6) is 0 Å². The molecule has 0 unspecified atom stereocenters. The Labute approximate surface area is 92.0 Å². The molecule has 0 bridgehead atoms. The van der Waals surface area contributed by atoms with Crippen LogP contribution in [0.25, 0.3) is 0 Å². The summed E-state index contributed by atoms with van der Waals surface area (Å²) in [5, 5.41) is 8.64. The number of thioether (sulfide) groups is 1. The predicted molar refractivity (Wildman–Crippen MR) is 57.4 cm³/mol. The molecule has 1 N–H and O–H groups in total. The van der Waals surface area contributed by atoms with E-state index in [0.29, 0.717) is 5.75 Å². The van der Waals surface area contributed by atoms with Crippen molar-refractivity contribution in [2.45, 2.75) is 4.90 Å². The van der Waals surface area contributed by atoms with Crippen molar-refractivity contribution in [2.24, 2.45) is 0 Å². The lowest BCUT2D eigenvalue weighted by Gasteiger charge is -2.03. The van der Waals surface area contributed by atoms with Crippen molar-refractivity contribution in [1.82, 2.24) is 4.98 Å². The Kier molecular flexibility index (Phi) is 4.56. The average molecular weight is 313 g/mol. The summed E-state index contributed by atoms with van der Waals surface area (Å²) in [5.74, 6) is 0.696. The highest BCUT2D eigenvalue weighted by atomic mass is 79.9. The molecule has 12 heavy (non-hydrogen) atoms. The molecule has 5 heteroatoms. The first-order valence-electron chi connectivity index (χ1n) is 3.28. The van der Waals surface area contributed by atoms with Crippen LogP contribution in [0.2, 0.25) is 0 Å². The Hall–Kier alpha value is 0.420. The van der Waals surface area contributed by atoms with Crippen molar-refractivity contribution in [3.8, 4) is 0 Å². The van der Waals surface area contributed by atoms with Crippen LogP contribution in [0, 0.1) is 0 Å². The molecule has 0 radical (unpaired) electrons. The van der Waals surface area contributed by atoms with E-state index >= 15 is 0 Å². The summed E-state index contributed by atoms with van der Waals surface area (Å²) in [6, 6.07) is 0. The quantitative estimate of drug-likeness (QED) is 0.871. The Morgan fingerprint density at radius 3 is 2.42 bits per heavy atom. The molecule has 0 fully saturated rings. The monoisotopic (exact) mass is 311 g/mol. The molecule has 0 aliphatic heterocycles. The SMILES string of the molecule is OCCSc1c(Br)cncc1Br. The first-order valence-corrected chi connectivity index (χ1v) is 5.85. The van der Waals surface area contributed by atoms with Gasteiger partial charge in [0.15, 0.2) is 0 Å². The van der Waals surface area contributed by atoms with Gasteiger partial charge in [-0.05, 0) is 31.9 Å². The minimum Gasteiger partial charge on any atom is -0.396 e. The van der Waals surface area contributed by atoms with E-state index in [9.17, 15) is 0 Å². The van der Waals surface area contributed by atoms with Gasteiger partial charge in [0.05, 0.1) is 15.6 Å². The summed E-state index contributed by atoms with van der Waals surface area (Å²) < 4.78 is 1.91. The molecule has 66 valence electrons. The van der Waals surface area contributed by atoms with Gasteiger partial charge in [0.2, 0.25) is 0 Å². The maximum Gasteiger partial charge on any atom is 0.0525 e. The van der Waals surface area contributed by atoms with Crippen LogP contribution >= 0.6 is 43.6 Å². The van der Waals surface area contributed by atoms with Crippen molar-refractivity contribution < 1.29 is 5.11 Å². The maximum atomic E-state index is 8.64. The number of halogens is 2. The van der Waals surface area contributed by atoms with Crippen molar-refractivity contribution >= 4 is 43.6 Å². The topological polar surface area (TPSA) is 33.1 Å². The zero-order valence-corrected chi connectivity index (χ0v) is 10.1. The molecule has 2 nitrogen and oxygen atoms in total. The molecule has 1 heterocycles. The number of hydrogen-bond donors (Lipinski definition) is 1. The maximum absolute atomic E-state index is 8.64. The lowest BCUT2D eigenvalue weighted by Crippen LogP contribution is -1.87. The number of rotatable bonds is 3. The third-order valence-electron chi connectivity index (χ3n) is 1.15. The van der Waals surface area contributed by atoms with E-state index in [4.69, 9.17) is 5.11 Å². The molecule has 0 aliphatic carbocycles. The van der Waals surface area contributed by atoms with Crippen LogP contribution in [-0.4, -0.2) is 22.5 Å². The molecule has 0 saturated carbocycles. The van der Waals surface area contributed by atoms with Gasteiger partial charge in [-0.2, -0.15) is 0 Å². The van der Waals surface area contributed by atoms with E-state index in [0.717, 1.165) is 13.8 Å². The molecule has 0 spiro atoms. The van der Waals surface area contributed by atoms with E-state index in [1.54, 1.807) is 24.2 Å². The van der Waals surface area contributed by atoms with Gasteiger partial charge in [-0.3, -0.25) is 4.98 Å². The number of pyridine rings is 1. The zero-order valence-electron chi connectivity index (χ0n) is 6.13. The third-order valence-corrected chi connectivity index (χ3v) is 3.99. The van der Waals surface area contributed by atoms with Gasteiger partial charge in [0.25, 0.3) is 0 Å². The van der Waals surface area contributed by atoms with Crippen LogP contribution in [-0.2, 0) is 0 Å². The standard InChI is InChI=1S/C7H7Br2NOS/c8-5-3-10-4-6(9)7(5)12-2-1-11/h3-4,11H,1-2H2.